The van der Waals surface area contributed by atoms with Gasteiger partial charge in [-0.3, -0.25) is 4.79 Å². The Bertz CT molecular complexity index is 480. The molecule has 0 spiro atoms. The van der Waals surface area contributed by atoms with E-state index in [2.05, 4.69) is 0 Å². The molecular formula is C15H17F3O3. The number of ether oxygens (including phenoxy) is 2. The van der Waals surface area contributed by atoms with Gasteiger partial charge >= 0.3 is 6.18 Å². The summed E-state index contributed by atoms with van der Waals surface area (Å²) >= 11 is 0. The predicted octanol–water partition coefficient (Wildman–Crippen LogP) is 3.86. The monoisotopic (exact) mass is 302 g/mol. The SMILES string of the molecule is O=Cc1ccc(OCCCC2CCCO2)c(C(F)(F)F)c1. The first-order valence-electron chi connectivity index (χ1n) is 6.91. The molecule has 1 atom stereocenters. The normalized spacial score (nSPS) is 18.7. The molecule has 116 valence electrons. The summed E-state index contributed by atoms with van der Waals surface area (Å²) in [5.74, 6) is -0.236. The van der Waals surface area contributed by atoms with Crippen molar-refractivity contribution in [2.45, 2.75) is 38.0 Å². The summed E-state index contributed by atoms with van der Waals surface area (Å²) in [4.78, 5) is 10.6. The third-order valence-corrected chi connectivity index (χ3v) is 3.40. The maximum absolute atomic E-state index is 12.9. The second-order valence-corrected chi connectivity index (χ2v) is 5.00. The number of halogens is 3. The summed E-state index contributed by atoms with van der Waals surface area (Å²) in [5.41, 5.74) is -0.932. The Hall–Kier alpha value is -1.56. The number of hydrogen-bond acceptors (Lipinski definition) is 3. The molecule has 0 radical (unpaired) electrons. The molecule has 1 aliphatic heterocycles. The standard InChI is InChI=1S/C15H17F3O3/c16-15(17,18)13-9-11(10-19)5-6-14(13)21-8-2-4-12-3-1-7-20-12/h5-6,9-10,12H,1-4,7-8H2. The number of aldehydes is 1. The zero-order valence-corrected chi connectivity index (χ0v) is 11.5. The Morgan fingerprint density at radius 1 is 1.38 bits per heavy atom. The molecule has 0 amide bonds. The number of carbonyl (C=O) groups excluding carboxylic acids is 1. The van der Waals surface area contributed by atoms with Crippen molar-refractivity contribution in [2.75, 3.05) is 13.2 Å². The van der Waals surface area contributed by atoms with Gasteiger partial charge in [0.15, 0.2) is 0 Å². The topological polar surface area (TPSA) is 35.5 Å². The number of benzene rings is 1. The molecule has 1 unspecified atom stereocenters. The van der Waals surface area contributed by atoms with Crippen molar-refractivity contribution >= 4 is 6.29 Å². The van der Waals surface area contributed by atoms with Crippen LogP contribution >= 0.6 is 0 Å². The van der Waals surface area contributed by atoms with Crippen molar-refractivity contribution in [3.05, 3.63) is 29.3 Å². The third-order valence-electron chi connectivity index (χ3n) is 3.40. The van der Waals surface area contributed by atoms with Crippen LogP contribution in [0.4, 0.5) is 13.2 Å². The molecule has 0 N–H and O–H groups in total. The molecule has 1 saturated heterocycles. The zero-order valence-electron chi connectivity index (χ0n) is 11.5. The molecule has 1 aromatic rings. The lowest BCUT2D eigenvalue weighted by molar-refractivity contribution is -0.139. The highest BCUT2D eigenvalue weighted by Gasteiger charge is 2.34. The van der Waals surface area contributed by atoms with Crippen molar-refractivity contribution < 1.29 is 27.4 Å². The first-order chi connectivity index (χ1) is 10.0. The summed E-state index contributed by atoms with van der Waals surface area (Å²) in [6.45, 7) is 0.959. The fraction of sp³-hybridized carbons (Fsp3) is 0.533. The van der Waals surface area contributed by atoms with E-state index in [1.807, 2.05) is 0 Å². The van der Waals surface area contributed by atoms with Crippen LogP contribution in [0.25, 0.3) is 0 Å². The summed E-state index contributed by atoms with van der Waals surface area (Å²) in [6.07, 6.45) is -0.489. The number of rotatable bonds is 6. The van der Waals surface area contributed by atoms with E-state index in [0.717, 1.165) is 31.9 Å². The Kier molecular flexibility index (Phi) is 5.22. The van der Waals surface area contributed by atoms with E-state index in [9.17, 15) is 18.0 Å². The lowest BCUT2D eigenvalue weighted by Gasteiger charge is -2.15. The second kappa shape index (κ2) is 6.93. The van der Waals surface area contributed by atoms with Crippen LogP contribution in [0.1, 0.15) is 41.6 Å². The van der Waals surface area contributed by atoms with E-state index < -0.39 is 11.7 Å². The van der Waals surface area contributed by atoms with Crippen LogP contribution in [-0.2, 0) is 10.9 Å². The fourth-order valence-corrected chi connectivity index (χ4v) is 2.33. The van der Waals surface area contributed by atoms with Gasteiger partial charge in [-0.25, -0.2) is 0 Å². The fourth-order valence-electron chi connectivity index (χ4n) is 2.33. The number of hydrogen-bond donors (Lipinski definition) is 0. The largest absolute Gasteiger partial charge is 0.493 e. The van der Waals surface area contributed by atoms with Gasteiger partial charge in [-0.05, 0) is 43.9 Å². The molecule has 1 aromatic carbocycles. The molecule has 0 aromatic heterocycles. The maximum atomic E-state index is 12.9. The van der Waals surface area contributed by atoms with E-state index in [4.69, 9.17) is 9.47 Å². The van der Waals surface area contributed by atoms with E-state index >= 15 is 0 Å². The van der Waals surface area contributed by atoms with Crippen molar-refractivity contribution in [1.82, 2.24) is 0 Å². The Morgan fingerprint density at radius 3 is 2.81 bits per heavy atom. The van der Waals surface area contributed by atoms with Crippen LogP contribution in [0.15, 0.2) is 18.2 Å². The highest BCUT2D eigenvalue weighted by molar-refractivity contribution is 5.75. The lowest BCUT2D eigenvalue weighted by Crippen LogP contribution is -2.11. The van der Waals surface area contributed by atoms with Gasteiger partial charge in [0.2, 0.25) is 0 Å². The van der Waals surface area contributed by atoms with Gasteiger partial charge in [0, 0.05) is 12.2 Å². The minimum absolute atomic E-state index is 0.0194. The molecule has 6 heteroatoms. The van der Waals surface area contributed by atoms with Crippen LogP contribution in [0.5, 0.6) is 5.75 Å². The van der Waals surface area contributed by atoms with Crippen molar-refractivity contribution in [3.8, 4) is 5.75 Å². The summed E-state index contributed by atoms with van der Waals surface area (Å²) in [6, 6.07) is 3.32. The first-order valence-corrected chi connectivity index (χ1v) is 6.91. The molecular weight excluding hydrogens is 285 g/mol. The average molecular weight is 302 g/mol. The zero-order chi connectivity index (χ0) is 15.3. The molecule has 0 saturated carbocycles. The predicted molar refractivity (Wildman–Crippen MR) is 70.5 cm³/mol. The van der Waals surface area contributed by atoms with Gasteiger partial charge < -0.3 is 9.47 Å². The van der Waals surface area contributed by atoms with Crippen LogP contribution in [0.3, 0.4) is 0 Å². The van der Waals surface area contributed by atoms with Crippen molar-refractivity contribution in [2.24, 2.45) is 0 Å². The Morgan fingerprint density at radius 2 is 2.19 bits per heavy atom. The summed E-state index contributed by atoms with van der Waals surface area (Å²) in [5, 5.41) is 0. The Labute approximate surface area is 121 Å². The lowest BCUT2D eigenvalue weighted by atomic mass is 10.1. The van der Waals surface area contributed by atoms with Crippen LogP contribution < -0.4 is 4.74 Å². The Balaban J connectivity index is 1.93. The van der Waals surface area contributed by atoms with Crippen LogP contribution in [-0.4, -0.2) is 25.6 Å². The molecule has 3 nitrogen and oxygen atoms in total. The van der Waals surface area contributed by atoms with Gasteiger partial charge in [-0.2, -0.15) is 13.2 Å². The molecule has 0 bridgehead atoms. The van der Waals surface area contributed by atoms with Gasteiger partial charge in [-0.15, -0.1) is 0 Å². The van der Waals surface area contributed by atoms with Crippen molar-refractivity contribution in [3.63, 3.8) is 0 Å². The van der Waals surface area contributed by atoms with Gasteiger partial charge in [0.25, 0.3) is 0 Å². The van der Waals surface area contributed by atoms with E-state index in [1.165, 1.54) is 12.1 Å². The molecule has 1 aliphatic rings. The molecule has 0 aliphatic carbocycles. The third kappa shape index (κ3) is 4.46. The second-order valence-electron chi connectivity index (χ2n) is 5.00. The molecule has 2 rings (SSSR count). The van der Waals surface area contributed by atoms with E-state index in [1.54, 1.807) is 0 Å². The van der Waals surface area contributed by atoms with E-state index in [0.29, 0.717) is 12.7 Å². The van der Waals surface area contributed by atoms with Gasteiger partial charge in [-0.1, -0.05) is 0 Å². The smallest absolute Gasteiger partial charge is 0.419 e. The van der Waals surface area contributed by atoms with Gasteiger partial charge in [0.05, 0.1) is 18.3 Å². The average Bonchev–Trinajstić information content (AvgIpc) is 2.96. The van der Waals surface area contributed by atoms with Crippen molar-refractivity contribution in [1.29, 1.82) is 0 Å². The minimum atomic E-state index is -4.54. The highest BCUT2D eigenvalue weighted by atomic mass is 19.4. The van der Waals surface area contributed by atoms with Crippen LogP contribution in [0.2, 0.25) is 0 Å². The number of alkyl halides is 3. The van der Waals surface area contributed by atoms with Crippen LogP contribution in [0, 0.1) is 0 Å². The quantitative estimate of drug-likeness (QED) is 0.591. The van der Waals surface area contributed by atoms with E-state index in [-0.39, 0.29) is 24.0 Å². The first kappa shape index (κ1) is 15.8. The summed E-state index contributed by atoms with van der Waals surface area (Å²) in [7, 11) is 0. The molecule has 21 heavy (non-hydrogen) atoms. The minimum Gasteiger partial charge on any atom is -0.493 e. The number of carbonyl (C=O) groups is 1. The van der Waals surface area contributed by atoms with Gasteiger partial charge in [0.1, 0.15) is 12.0 Å². The molecule has 1 fully saturated rings. The summed E-state index contributed by atoms with van der Waals surface area (Å²) < 4.78 is 49.4. The maximum Gasteiger partial charge on any atom is 0.419 e. The molecule has 1 heterocycles. The highest BCUT2D eigenvalue weighted by Crippen LogP contribution is 2.36.